The second kappa shape index (κ2) is 13.5. The van der Waals surface area contributed by atoms with Gasteiger partial charge in [-0.1, -0.05) is 42.5 Å². The number of ether oxygens (including phenoxy) is 5. The largest absolute Gasteiger partial charge is 0.493 e. The summed E-state index contributed by atoms with van der Waals surface area (Å²) in [6, 6.07) is 18.0. The van der Waals surface area contributed by atoms with Crippen LogP contribution in [0.4, 0.5) is 5.69 Å². The van der Waals surface area contributed by atoms with Crippen LogP contribution in [0.5, 0.6) is 17.2 Å². The van der Waals surface area contributed by atoms with Gasteiger partial charge in [0.1, 0.15) is 11.8 Å². The summed E-state index contributed by atoms with van der Waals surface area (Å²) in [7, 11) is 5.43. The molecule has 1 atom stereocenters. The number of hydrogen-bond donors (Lipinski definition) is 0. The molecule has 3 aromatic carbocycles. The standard InChI is InChI=1S/C31H32N2O9/c1-38-26-14-23-24(15-27(26)39-2)32(17-20-8-6-5-7-9-20)31(37)25(16-28(34)40-3)33(30(23)36)18-21-10-12-22(13-11-21)42-19-29(35)41-4/h5-15,25H,16-19H2,1-4H3/t25-/m0/s1. The second-order valence-electron chi connectivity index (χ2n) is 9.37. The van der Waals surface area contributed by atoms with Crippen molar-refractivity contribution >= 4 is 29.4 Å². The van der Waals surface area contributed by atoms with Gasteiger partial charge >= 0.3 is 11.9 Å². The van der Waals surface area contributed by atoms with Crippen LogP contribution < -0.4 is 19.1 Å². The molecule has 0 saturated heterocycles. The lowest BCUT2D eigenvalue weighted by molar-refractivity contribution is -0.144. The fourth-order valence-corrected chi connectivity index (χ4v) is 4.63. The van der Waals surface area contributed by atoms with Crippen molar-refractivity contribution in [3.63, 3.8) is 0 Å². The summed E-state index contributed by atoms with van der Waals surface area (Å²) in [5, 5.41) is 0. The van der Waals surface area contributed by atoms with Gasteiger partial charge in [0.05, 0.1) is 52.7 Å². The van der Waals surface area contributed by atoms with Crippen molar-refractivity contribution in [3.8, 4) is 17.2 Å². The smallest absolute Gasteiger partial charge is 0.343 e. The number of benzene rings is 3. The SMILES string of the molecule is COC(=O)COc1ccc(CN2C(=O)c3cc(OC)c(OC)cc3N(Cc3ccccc3)C(=O)[C@@H]2CC(=O)OC)cc1. The van der Waals surface area contributed by atoms with Gasteiger partial charge in [-0.15, -0.1) is 0 Å². The molecule has 4 rings (SSSR count). The van der Waals surface area contributed by atoms with Crippen LogP contribution in [0.25, 0.3) is 0 Å². The van der Waals surface area contributed by atoms with Crippen molar-refractivity contribution < 1.29 is 42.9 Å². The molecule has 1 aliphatic rings. The number of fused-ring (bicyclic) bond motifs is 1. The van der Waals surface area contributed by atoms with Crippen LogP contribution in [-0.2, 0) is 36.9 Å². The number of methoxy groups -OCH3 is 4. The van der Waals surface area contributed by atoms with E-state index in [9.17, 15) is 19.2 Å². The molecule has 0 aromatic heterocycles. The molecule has 0 fully saturated rings. The number of anilines is 1. The maximum atomic E-state index is 14.3. The summed E-state index contributed by atoms with van der Waals surface area (Å²) in [5.74, 6) is -1.02. The van der Waals surface area contributed by atoms with Crippen molar-refractivity contribution in [3.05, 3.63) is 83.4 Å². The molecule has 1 heterocycles. The third-order valence-electron chi connectivity index (χ3n) is 6.84. The van der Waals surface area contributed by atoms with E-state index in [0.29, 0.717) is 28.5 Å². The molecular formula is C31H32N2O9. The molecule has 2 amide bonds. The van der Waals surface area contributed by atoms with E-state index in [1.54, 1.807) is 36.4 Å². The molecule has 0 unspecified atom stereocenters. The van der Waals surface area contributed by atoms with Crippen molar-refractivity contribution in [2.45, 2.75) is 25.6 Å². The first-order valence-corrected chi connectivity index (χ1v) is 13.1. The maximum absolute atomic E-state index is 14.3. The van der Waals surface area contributed by atoms with Gasteiger partial charge < -0.3 is 33.5 Å². The van der Waals surface area contributed by atoms with E-state index in [1.165, 1.54) is 38.2 Å². The first kappa shape index (κ1) is 29.9. The Morgan fingerprint density at radius 1 is 0.762 bits per heavy atom. The highest BCUT2D eigenvalue weighted by atomic mass is 16.6. The molecular weight excluding hydrogens is 544 g/mol. The van der Waals surface area contributed by atoms with Gasteiger partial charge in [-0.05, 0) is 29.3 Å². The average Bonchev–Trinajstić information content (AvgIpc) is 3.09. The second-order valence-corrected chi connectivity index (χ2v) is 9.37. The lowest BCUT2D eigenvalue weighted by Gasteiger charge is -2.30. The van der Waals surface area contributed by atoms with Gasteiger partial charge in [-0.25, -0.2) is 4.79 Å². The number of carbonyl (C=O) groups is 4. The zero-order valence-electron chi connectivity index (χ0n) is 23.8. The molecule has 3 aromatic rings. The molecule has 11 nitrogen and oxygen atoms in total. The molecule has 0 saturated carbocycles. The minimum atomic E-state index is -1.17. The van der Waals surface area contributed by atoms with Crippen molar-refractivity contribution in [1.29, 1.82) is 0 Å². The zero-order valence-corrected chi connectivity index (χ0v) is 23.8. The fraction of sp³-hybridized carbons (Fsp3) is 0.290. The summed E-state index contributed by atoms with van der Waals surface area (Å²) in [4.78, 5) is 55.3. The molecule has 11 heteroatoms. The van der Waals surface area contributed by atoms with Crippen LogP contribution in [0, 0.1) is 0 Å². The van der Waals surface area contributed by atoms with Crippen molar-refractivity contribution in [2.75, 3.05) is 39.9 Å². The molecule has 0 spiro atoms. The quantitative estimate of drug-likeness (QED) is 0.316. The van der Waals surface area contributed by atoms with Crippen molar-refractivity contribution in [1.82, 2.24) is 4.90 Å². The number of carbonyl (C=O) groups excluding carboxylic acids is 4. The average molecular weight is 577 g/mol. The lowest BCUT2D eigenvalue weighted by atomic mass is 10.1. The van der Waals surface area contributed by atoms with E-state index in [-0.39, 0.29) is 31.7 Å². The molecule has 42 heavy (non-hydrogen) atoms. The summed E-state index contributed by atoms with van der Waals surface area (Å²) in [6.45, 7) is -0.112. The van der Waals surface area contributed by atoms with Crippen LogP contribution in [-0.4, -0.2) is 69.7 Å². The van der Waals surface area contributed by atoms with Crippen LogP contribution in [0.2, 0.25) is 0 Å². The Hall–Kier alpha value is -5.06. The molecule has 0 aliphatic carbocycles. The molecule has 0 bridgehead atoms. The van der Waals surface area contributed by atoms with E-state index in [2.05, 4.69) is 4.74 Å². The summed E-state index contributed by atoms with van der Waals surface area (Å²) < 4.78 is 25.9. The van der Waals surface area contributed by atoms with Gasteiger partial charge in [0.2, 0.25) is 0 Å². The van der Waals surface area contributed by atoms with Crippen LogP contribution in [0.15, 0.2) is 66.7 Å². The Bertz CT molecular complexity index is 1440. The number of hydrogen-bond acceptors (Lipinski definition) is 9. The van der Waals surface area contributed by atoms with Gasteiger partial charge in [-0.3, -0.25) is 14.4 Å². The topological polar surface area (TPSA) is 121 Å². The van der Waals surface area contributed by atoms with Gasteiger partial charge in [0.25, 0.3) is 11.8 Å². The number of nitrogens with zero attached hydrogens (tertiary/aromatic N) is 2. The number of rotatable bonds is 11. The normalized spacial score (nSPS) is 14.5. The number of amides is 2. The molecule has 0 N–H and O–H groups in total. The van der Waals surface area contributed by atoms with Crippen molar-refractivity contribution in [2.24, 2.45) is 0 Å². The lowest BCUT2D eigenvalue weighted by Crippen LogP contribution is -2.49. The predicted molar refractivity (Wildman–Crippen MR) is 151 cm³/mol. The summed E-state index contributed by atoms with van der Waals surface area (Å²) >= 11 is 0. The van der Waals surface area contributed by atoms with E-state index < -0.39 is 29.8 Å². The van der Waals surface area contributed by atoms with Crippen LogP contribution in [0.3, 0.4) is 0 Å². The van der Waals surface area contributed by atoms with E-state index in [0.717, 1.165) is 5.56 Å². The monoisotopic (exact) mass is 576 g/mol. The summed E-state index contributed by atoms with van der Waals surface area (Å²) in [5.41, 5.74) is 2.03. The van der Waals surface area contributed by atoms with Crippen LogP contribution in [0.1, 0.15) is 27.9 Å². The molecule has 1 aliphatic heterocycles. The third-order valence-corrected chi connectivity index (χ3v) is 6.84. The molecule has 220 valence electrons. The minimum Gasteiger partial charge on any atom is -0.493 e. The van der Waals surface area contributed by atoms with Gasteiger partial charge in [0.15, 0.2) is 18.1 Å². The first-order chi connectivity index (χ1) is 20.3. The van der Waals surface area contributed by atoms with Gasteiger partial charge in [-0.2, -0.15) is 0 Å². The Labute approximate surface area is 243 Å². The predicted octanol–water partition coefficient (Wildman–Crippen LogP) is 3.38. The maximum Gasteiger partial charge on any atom is 0.343 e. The molecule has 0 radical (unpaired) electrons. The number of esters is 2. The van der Waals surface area contributed by atoms with Gasteiger partial charge in [0, 0.05) is 12.6 Å². The van der Waals surface area contributed by atoms with E-state index in [1.807, 2.05) is 30.3 Å². The highest BCUT2D eigenvalue weighted by molar-refractivity contribution is 6.12. The zero-order chi connectivity index (χ0) is 30.2. The minimum absolute atomic E-state index is 0.00349. The third kappa shape index (κ3) is 6.63. The van der Waals surface area contributed by atoms with E-state index in [4.69, 9.17) is 18.9 Å². The Morgan fingerprint density at radius 2 is 1.38 bits per heavy atom. The Balaban J connectivity index is 1.78. The Morgan fingerprint density at radius 3 is 2.00 bits per heavy atom. The fourth-order valence-electron chi connectivity index (χ4n) is 4.63. The Kier molecular flexibility index (Phi) is 9.64. The highest BCUT2D eigenvalue weighted by Gasteiger charge is 2.41. The summed E-state index contributed by atoms with van der Waals surface area (Å²) in [6.07, 6.45) is -0.352. The van der Waals surface area contributed by atoms with Crippen LogP contribution >= 0.6 is 0 Å². The first-order valence-electron chi connectivity index (χ1n) is 13.1. The highest BCUT2D eigenvalue weighted by Crippen LogP contribution is 2.39. The van der Waals surface area contributed by atoms with E-state index >= 15 is 0 Å².